The summed E-state index contributed by atoms with van der Waals surface area (Å²) in [4.78, 5) is 14.2. The first kappa shape index (κ1) is 15.6. The van der Waals surface area contributed by atoms with Gasteiger partial charge < -0.3 is 14.3 Å². The molecule has 0 atom stereocenters. The van der Waals surface area contributed by atoms with Gasteiger partial charge in [0.05, 0.1) is 25.9 Å². The lowest BCUT2D eigenvalue weighted by Gasteiger charge is -2.27. The third kappa shape index (κ3) is 3.46. The monoisotopic (exact) mass is 337 g/mol. The van der Waals surface area contributed by atoms with Crippen LogP contribution in [0.3, 0.4) is 0 Å². The number of carbonyl (C=O) groups excluding carboxylic acids is 1. The highest BCUT2D eigenvalue weighted by molar-refractivity contribution is 5.77. The highest BCUT2D eigenvalue weighted by atomic mass is 16.3. The summed E-state index contributed by atoms with van der Waals surface area (Å²) in [6, 6.07) is 13.7. The summed E-state index contributed by atoms with van der Waals surface area (Å²) in [7, 11) is 0. The van der Waals surface area contributed by atoms with Crippen molar-refractivity contribution in [3.8, 4) is 11.4 Å². The molecule has 1 aromatic carbocycles. The first-order chi connectivity index (χ1) is 12.3. The van der Waals surface area contributed by atoms with E-state index in [1.807, 2.05) is 42.5 Å². The van der Waals surface area contributed by atoms with Gasteiger partial charge >= 0.3 is 0 Å². The third-order valence-electron chi connectivity index (χ3n) is 4.27. The van der Waals surface area contributed by atoms with Crippen LogP contribution < -0.4 is 5.32 Å². The second-order valence-electron chi connectivity index (χ2n) is 6.02. The van der Waals surface area contributed by atoms with Crippen LogP contribution >= 0.6 is 0 Å². The van der Waals surface area contributed by atoms with E-state index in [9.17, 15) is 4.79 Å². The SMILES string of the molecule is O=C(CN1CCn2c(nnc2-c2ccccc2)C1)NCc1ccco1. The number of furan rings is 1. The van der Waals surface area contributed by atoms with E-state index in [1.165, 1.54) is 0 Å². The van der Waals surface area contributed by atoms with Gasteiger partial charge in [-0.3, -0.25) is 9.69 Å². The average molecular weight is 337 g/mol. The average Bonchev–Trinajstić information content (AvgIpc) is 3.30. The Bertz CT molecular complexity index is 842. The van der Waals surface area contributed by atoms with E-state index in [4.69, 9.17) is 4.42 Å². The second-order valence-corrected chi connectivity index (χ2v) is 6.02. The molecule has 0 fully saturated rings. The largest absolute Gasteiger partial charge is 0.467 e. The molecule has 1 amide bonds. The Hall–Kier alpha value is -2.93. The minimum Gasteiger partial charge on any atom is -0.467 e. The predicted molar refractivity (Wildman–Crippen MR) is 91.3 cm³/mol. The van der Waals surface area contributed by atoms with Gasteiger partial charge in [-0.1, -0.05) is 30.3 Å². The summed E-state index contributed by atoms with van der Waals surface area (Å²) in [6.45, 7) is 2.94. The molecule has 3 aromatic rings. The smallest absolute Gasteiger partial charge is 0.234 e. The summed E-state index contributed by atoms with van der Waals surface area (Å²) in [6.07, 6.45) is 1.60. The topological polar surface area (TPSA) is 76.2 Å². The number of benzene rings is 1. The Morgan fingerprint density at radius 2 is 2.00 bits per heavy atom. The van der Waals surface area contributed by atoms with Crippen LogP contribution in [0.25, 0.3) is 11.4 Å². The Labute approximate surface area is 145 Å². The number of nitrogens with zero attached hydrogens (tertiary/aromatic N) is 4. The van der Waals surface area contributed by atoms with Gasteiger partial charge in [0.1, 0.15) is 11.6 Å². The zero-order valence-corrected chi connectivity index (χ0v) is 13.8. The van der Waals surface area contributed by atoms with Crippen molar-refractivity contribution in [2.45, 2.75) is 19.6 Å². The molecule has 1 N–H and O–H groups in total. The summed E-state index contributed by atoms with van der Waals surface area (Å²) >= 11 is 0. The zero-order chi connectivity index (χ0) is 17.1. The highest BCUT2D eigenvalue weighted by Crippen LogP contribution is 2.21. The molecule has 1 aliphatic rings. The molecule has 0 unspecified atom stereocenters. The lowest BCUT2D eigenvalue weighted by atomic mass is 10.2. The van der Waals surface area contributed by atoms with Crippen molar-refractivity contribution in [1.29, 1.82) is 0 Å². The highest BCUT2D eigenvalue weighted by Gasteiger charge is 2.23. The third-order valence-corrected chi connectivity index (χ3v) is 4.27. The maximum absolute atomic E-state index is 12.1. The molecule has 25 heavy (non-hydrogen) atoms. The minimum absolute atomic E-state index is 0.0207. The molecule has 0 saturated carbocycles. The van der Waals surface area contributed by atoms with Crippen LogP contribution in [0.2, 0.25) is 0 Å². The van der Waals surface area contributed by atoms with Crippen LogP contribution in [0, 0.1) is 0 Å². The number of aromatic nitrogens is 3. The fourth-order valence-corrected chi connectivity index (χ4v) is 3.00. The van der Waals surface area contributed by atoms with Gasteiger partial charge in [0.2, 0.25) is 5.91 Å². The minimum atomic E-state index is -0.0207. The van der Waals surface area contributed by atoms with Crippen molar-refractivity contribution >= 4 is 5.91 Å². The Kier molecular flexibility index (Phi) is 4.30. The van der Waals surface area contributed by atoms with Crippen molar-refractivity contribution in [3.05, 3.63) is 60.3 Å². The molecular formula is C18H19N5O2. The van der Waals surface area contributed by atoms with Crippen molar-refractivity contribution in [2.75, 3.05) is 13.1 Å². The van der Waals surface area contributed by atoms with Crippen LogP contribution in [0.15, 0.2) is 53.1 Å². The molecule has 1 aliphatic heterocycles. The maximum atomic E-state index is 12.1. The lowest BCUT2D eigenvalue weighted by Crippen LogP contribution is -2.41. The Balaban J connectivity index is 1.37. The fraction of sp³-hybridized carbons (Fsp3) is 0.278. The molecule has 0 aliphatic carbocycles. The summed E-state index contributed by atoms with van der Waals surface area (Å²) in [5.74, 6) is 2.51. The molecule has 7 heteroatoms. The van der Waals surface area contributed by atoms with E-state index < -0.39 is 0 Å². The summed E-state index contributed by atoms with van der Waals surface area (Å²) in [5, 5.41) is 11.5. The van der Waals surface area contributed by atoms with Crippen molar-refractivity contribution in [2.24, 2.45) is 0 Å². The van der Waals surface area contributed by atoms with Gasteiger partial charge in [-0.05, 0) is 12.1 Å². The van der Waals surface area contributed by atoms with Crippen LogP contribution in [-0.2, 0) is 24.4 Å². The van der Waals surface area contributed by atoms with Crippen molar-refractivity contribution in [1.82, 2.24) is 25.0 Å². The van der Waals surface area contributed by atoms with E-state index in [-0.39, 0.29) is 5.91 Å². The maximum Gasteiger partial charge on any atom is 0.234 e. The zero-order valence-electron chi connectivity index (χ0n) is 13.8. The predicted octanol–water partition coefficient (Wildman–Crippen LogP) is 1.67. The van der Waals surface area contributed by atoms with Gasteiger partial charge in [0, 0.05) is 18.7 Å². The second kappa shape index (κ2) is 6.90. The van der Waals surface area contributed by atoms with Crippen molar-refractivity contribution in [3.63, 3.8) is 0 Å². The van der Waals surface area contributed by atoms with E-state index in [2.05, 4.69) is 25.0 Å². The molecule has 128 valence electrons. The molecule has 0 saturated heterocycles. The van der Waals surface area contributed by atoms with Gasteiger partial charge in [-0.2, -0.15) is 0 Å². The Morgan fingerprint density at radius 1 is 1.12 bits per heavy atom. The molecule has 7 nitrogen and oxygen atoms in total. The summed E-state index contributed by atoms with van der Waals surface area (Å²) in [5.41, 5.74) is 1.06. The lowest BCUT2D eigenvalue weighted by molar-refractivity contribution is -0.122. The first-order valence-electron chi connectivity index (χ1n) is 8.28. The number of carbonyl (C=O) groups is 1. The van der Waals surface area contributed by atoms with Gasteiger partial charge in [-0.25, -0.2) is 0 Å². The number of fused-ring (bicyclic) bond motifs is 1. The van der Waals surface area contributed by atoms with E-state index >= 15 is 0 Å². The molecule has 3 heterocycles. The molecule has 0 radical (unpaired) electrons. The molecule has 0 spiro atoms. The summed E-state index contributed by atoms with van der Waals surface area (Å²) < 4.78 is 7.35. The number of nitrogens with one attached hydrogen (secondary N) is 1. The molecular weight excluding hydrogens is 318 g/mol. The Morgan fingerprint density at radius 3 is 2.80 bits per heavy atom. The van der Waals surface area contributed by atoms with Crippen LogP contribution in [0.5, 0.6) is 0 Å². The van der Waals surface area contributed by atoms with Gasteiger partial charge in [0.25, 0.3) is 0 Å². The van der Waals surface area contributed by atoms with Gasteiger partial charge in [-0.15, -0.1) is 10.2 Å². The standard InChI is InChI=1S/C18H19N5O2/c24-17(19-11-15-7-4-10-25-15)13-22-8-9-23-16(12-22)20-21-18(23)14-5-2-1-3-6-14/h1-7,10H,8-9,11-13H2,(H,19,24). The number of rotatable bonds is 5. The number of hydrogen-bond acceptors (Lipinski definition) is 5. The molecule has 0 bridgehead atoms. The number of hydrogen-bond donors (Lipinski definition) is 1. The van der Waals surface area contributed by atoms with Gasteiger partial charge in [0.15, 0.2) is 5.82 Å². The van der Waals surface area contributed by atoms with E-state index in [0.717, 1.165) is 36.1 Å². The van der Waals surface area contributed by atoms with Crippen molar-refractivity contribution < 1.29 is 9.21 Å². The number of amides is 1. The normalized spacial score (nSPS) is 14.2. The molecule has 4 rings (SSSR count). The van der Waals surface area contributed by atoms with Crippen LogP contribution in [-0.4, -0.2) is 38.7 Å². The van der Waals surface area contributed by atoms with E-state index in [1.54, 1.807) is 6.26 Å². The molecule has 2 aromatic heterocycles. The fourth-order valence-electron chi connectivity index (χ4n) is 3.00. The van der Waals surface area contributed by atoms with E-state index in [0.29, 0.717) is 19.6 Å². The van der Waals surface area contributed by atoms with Crippen LogP contribution in [0.1, 0.15) is 11.6 Å². The van der Waals surface area contributed by atoms with Crippen LogP contribution in [0.4, 0.5) is 0 Å². The quantitative estimate of drug-likeness (QED) is 0.766. The first-order valence-corrected chi connectivity index (χ1v) is 8.28.